The molecule has 0 aliphatic carbocycles. The number of allylic oxidation sites excluding steroid dienone is 1. The normalized spacial score (nSPS) is 15.5. The van der Waals surface area contributed by atoms with Gasteiger partial charge in [-0.25, -0.2) is 13.6 Å². The summed E-state index contributed by atoms with van der Waals surface area (Å²) in [6.45, 7) is 6.79. The molecule has 5 nitrogen and oxygen atoms in total. The summed E-state index contributed by atoms with van der Waals surface area (Å²) < 4.78 is 32.9. The van der Waals surface area contributed by atoms with E-state index in [0.717, 1.165) is 0 Å². The van der Waals surface area contributed by atoms with E-state index < -0.39 is 15.3 Å². The summed E-state index contributed by atoms with van der Waals surface area (Å²) in [5, 5.41) is 4.63. The SMILES string of the molecule is C=CC[C@@H](C)[C@@H](CCOCCOC)S(N)(=O)=O. The maximum Gasteiger partial charge on any atom is 0.212 e. The van der Waals surface area contributed by atoms with Crippen molar-refractivity contribution in [2.75, 3.05) is 26.9 Å². The predicted octanol–water partition coefficient (Wildman–Crippen LogP) is 0.909. The van der Waals surface area contributed by atoms with Gasteiger partial charge in [0.1, 0.15) is 0 Å². The van der Waals surface area contributed by atoms with Crippen molar-refractivity contribution in [3.8, 4) is 0 Å². The number of hydrogen-bond acceptors (Lipinski definition) is 4. The van der Waals surface area contributed by atoms with E-state index in [1.807, 2.05) is 6.92 Å². The highest BCUT2D eigenvalue weighted by atomic mass is 32.2. The summed E-state index contributed by atoms with van der Waals surface area (Å²) in [6, 6.07) is 0. The summed E-state index contributed by atoms with van der Waals surface area (Å²) in [5.41, 5.74) is 0. The van der Waals surface area contributed by atoms with Gasteiger partial charge < -0.3 is 9.47 Å². The summed E-state index contributed by atoms with van der Waals surface area (Å²) in [5.74, 6) is -0.0477. The lowest BCUT2D eigenvalue weighted by molar-refractivity contribution is 0.0678. The van der Waals surface area contributed by atoms with E-state index in [1.165, 1.54) is 0 Å². The molecular formula is C11H23NO4S. The monoisotopic (exact) mass is 265 g/mol. The molecule has 0 aromatic carbocycles. The first kappa shape index (κ1) is 16.6. The lowest BCUT2D eigenvalue weighted by atomic mass is 10.0. The molecule has 0 fully saturated rings. The fraction of sp³-hybridized carbons (Fsp3) is 0.818. The molecule has 6 heteroatoms. The summed E-state index contributed by atoms with van der Waals surface area (Å²) in [7, 11) is -1.95. The molecule has 0 aromatic rings. The minimum Gasteiger partial charge on any atom is -0.382 e. The molecule has 0 rings (SSSR count). The Morgan fingerprint density at radius 2 is 2.00 bits per heavy atom. The second-order valence-corrected chi connectivity index (χ2v) is 5.81. The summed E-state index contributed by atoms with van der Waals surface area (Å²) in [4.78, 5) is 0. The molecule has 2 N–H and O–H groups in total. The Balaban J connectivity index is 4.17. The largest absolute Gasteiger partial charge is 0.382 e. The van der Waals surface area contributed by atoms with Crippen molar-refractivity contribution in [2.24, 2.45) is 11.1 Å². The van der Waals surface area contributed by atoms with Gasteiger partial charge in [0.25, 0.3) is 0 Å². The van der Waals surface area contributed by atoms with Crippen molar-refractivity contribution in [1.82, 2.24) is 0 Å². The maximum absolute atomic E-state index is 11.4. The Morgan fingerprint density at radius 1 is 1.35 bits per heavy atom. The van der Waals surface area contributed by atoms with Gasteiger partial charge >= 0.3 is 0 Å². The lowest BCUT2D eigenvalue weighted by Gasteiger charge is -2.20. The zero-order chi connectivity index (χ0) is 13.3. The molecule has 0 amide bonds. The number of rotatable bonds is 10. The molecule has 0 saturated carbocycles. The fourth-order valence-corrected chi connectivity index (χ4v) is 2.81. The maximum atomic E-state index is 11.4. The Hall–Kier alpha value is -0.430. The molecule has 102 valence electrons. The van der Waals surface area contributed by atoms with Crippen molar-refractivity contribution < 1.29 is 17.9 Å². The molecular weight excluding hydrogens is 242 g/mol. The Labute approximate surface area is 104 Å². The van der Waals surface area contributed by atoms with Gasteiger partial charge in [-0.05, 0) is 18.8 Å². The minimum absolute atomic E-state index is 0.0477. The minimum atomic E-state index is -3.54. The van der Waals surface area contributed by atoms with Gasteiger partial charge in [0, 0.05) is 13.7 Å². The third-order valence-corrected chi connectivity index (χ3v) is 4.12. The van der Waals surface area contributed by atoms with Gasteiger partial charge in [0.05, 0.1) is 18.5 Å². The van der Waals surface area contributed by atoms with E-state index in [9.17, 15) is 8.42 Å². The average molecular weight is 265 g/mol. The van der Waals surface area contributed by atoms with Gasteiger partial charge in [-0.15, -0.1) is 6.58 Å². The highest BCUT2D eigenvalue weighted by Crippen LogP contribution is 2.18. The smallest absolute Gasteiger partial charge is 0.212 e. The fourth-order valence-electron chi connectivity index (χ4n) is 1.63. The van der Waals surface area contributed by atoms with E-state index in [2.05, 4.69) is 6.58 Å². The van der Waals surface area contributed by atoms with Gasteiger partial charge in [-0.1, -0.05) is 13.0 Å². The number of hydrogen-bond donors (Lipinski definition) is 1. The summed E-state index contributed by atoms with van der Waals surface area (Å²) >= 11 is 0. The van der Waals surface area contributed by atoms with Gasteiger partial charge in [-0.3, -0.25) is 0 Å². The topological polar surface area (TPSA) is 78.6 Å². The van der Waals surface area contributed by atoms with E-state index in [-0.39, 0.29) is 5.92 Å². The zero-order valence-corrected chi connectivity index (χ0v) is 11.4. The quantitative estimate of drug-likeness (QED) is 0.470. The van der Waals surface area contributed by atoms with E-state index >= 15 is 0 Å². The van der Waals surface area contributed by atoms with Crippen LogP contribution in [-0.2, 0) is 19.5 Å². The van der Waals surface area contributed by atoms with E-state index in [1.54, 1.807) is 13.2 Å². The molecule has 0 aliphatic heterocycles. The van der Waals surface area contributed by atoms with Gasteiger partial charge in [0.2, 0.25) is 10.0 Å². The van der Waals surface area contributed by atoms with Crippen molar-refractivity contribution in [2.45, 2.75) is 25.0 Å². The number of ether oxygens (including phenoxy) is 2. The second-order valence-electron chi connectivity index (χ2n) is 4.02. The van der Waals surface area contributed by atoms with Crippen LogP contribution in [-0.4, -0.2) is 40.6 Å². The zero-order valence-electron chi connectivity index (χ0n) is 10.6. The third kappa shape index (κ3) is 7.49. The van der Waals surface area contributed by atoms with Gasteiger partial charge in [-0.2, -0.15) is 0 Å². The van der Waals surface area contributed by atoms with Crippen molar-refractivity contribution in [1.29, 1.82) is 0 Å². The predicted molar refractivity (Wildman–Crippen MR) is 68.2 cm³/mol. The van der Waals surface area contributed by atoms with Crippen molar-refractivity contribution in [3.63, 3.8) is 0 Å². The highest BCUT2D eigenvalue weighted by molar-refractivity contribution is 7.89. The van der Waals surface area contributed by atoms with Crippen LogP contribution < -0.4 is 5.14 Å². The van der Waals surface area contributed by atoms with Crippen LogP contribution in [0, 0.1) is 5.92 Å². The number of primary sulfonamides is 1. The molecule has 0 unspecified atom stereocenters. The van der Waals surface area contributed by atoms with Crippen molar-refractivity contribution in [3.05, 3.63) is 12.7 Å². The van der Waals surface area contributed by atoms with Crippen LogP contribution in [0.4, 0.5) is 0 Å². The molecule has 0 radical (unpaired) electrons. The third-order valence-electron chi connectivity index (χ3n) is 2.57. The van der Waals surface area contributed by atoms with Crippen LogP contribution in [0.25, 0.3) is 0 Å². The first-order valence-corrected chi connectivity index (χ1v) is 7.23. The lowest BCUT2D eigenvalue weighted by Crippen LogP contribution is -2.35. The van der Waals surface area contributed by atoms with Crippen molar-refractivity contribution >= 4 is 10.0 Å². The molecule has 2 atom stereocenters. The van der Waals surface area contributed by atoms with Crippen LogP contribution in [0.5, 0.6) is 0 Å². The first-order chi connectivity index (χ1) is 7.93. The molecule has 0 heterocycles. The Kier molecular flexibility index (Phi) is 8.41. The molecule has 0 saturated heterocycles. The molecule has 0 aliphatic rings. The van der Waals surface area contributed by atoms with Crippen LogP contribution >= 0.6 is 0 Å². The number of nitrogens with two attached hydrogens (primary N) is 1. The number of methoxy groups -OCH3 is 1. The Bertz CT molecular complexity index is 303. The van der Waals surface area contributed by atoms with E-state index in [4.69, 9.17) is 14.6 Å². The molecule has 0 spiro atoms. The Morgan fingerprint density at radius 3 is 2.47 bits per heavy atom. The van der Waals surface area contributed by atoms with Gasteiger partial charge in [0.15, 0.2) is 0 Å². The summed E-state index contributed by atoms with van der Waals surface area (Å²) in [6.07, 6.45) is 2.73. The average Bonchev–Trinajstić information content (AvgIpc) is 2.21. The van der Waals surface area contributed by atoms with E-state index in [0.29, 0.717) is 32.7 Å². The van der Waals surface area contributed by atoms with Crippen LogP contribution in [0.15, 0.2) is 12.7 Å². The van der Waals surface area contributed by atoms with Crippen LogP contribution in [0.2, 0.25) is 0 Å². The second kappa shape index (κ2) is 8.63. The van der Waals surface area contributed by atoms with Crippen LogP contribution in [0.3, 0.4) is 0 Å². The molecule has 0 aromatic heterocycles. The highest BCUT2D eigenvalue weighted by Gasteiger charge is 2.26. The number of sulfonamides is 1. The van der Waals surface area contributed by atoms with Crippen LogP contribution in [0.1, 0.15) is 19.8 Å². The molecule has 0 bridgehead atoms. The standard InChI is InChI=1S/C11H23NO4S/c1-4-5-10(2)11(17(12,13)14)6-7-16-9-8-15-3/h4,10-11H,1,5-9H2,2-3H3,(H2,12,13,14)/t10-,11-/m1/s1. The molecule has 17 heavy (non-hydrogen) atoms. The first-order valence-electron chi connectivity index (χ1n) is 5.62.